The zero-order valence-electron chi connectivity index (χ0n) is 20.1. The maximum Gasteiger partial charge on any atom is 0.305 e. The number of aldehydes is 1. The number of carbonyl (C=O) groups excluding carboxylic acids is 4. The highest BCUT2D eigenvalue weighted by molar-refractivity contribution is 6.06. The third-order valence-corrected chi connectivity index (χ3v) is 7.14. The number of amides is 3. The lowest BCUT2D eigenvalue weighted by Gasteiger charge is -2.35. The summed E-state index contributed by atoms with van der Waals surface area (Å²) >= 11 is 0. The quantitative estimate of drug-likeness (QED) is 0.473. The van der Waals surface area contributed by atoms with Gasteiger partial charge in [0.15, 0.2) is 0 Å². The molecule has 2 fully saturated rings. The summed E-state index contributed by atoms with van der Waals surface area (Å²) in [7, 11) is 0. The highest BCUT2D eigenvalue weighted by Crippen LogP contribution is 2.40. The second-order valence-electron chi connectivity index (χ2n) is 9.53. The molecule has 1 aromatic heterocycles. The van der Waals surface area contributed by atoms with Gasteiger partial charge in [0, 0.05) is 17.6 Å². The molecule has 5 atom stereocenters. The predicted molar refractivity (Wildman–Crippen MR) is 130 cm³/mol. The molecule has 36 heavy (non-hydrogen) atoms. The van der Waals surface area contributed by atoms with Gasteiger partial charge in [-0.25, -0.2) is 0 Å². The Morgan fingerprint density at radius 2 is 1.89 bits per heavy atom. The molecular formula is C26H30N4O6. The summed E-state index contributed by atoms with van der Waals surface area (Å²) in [6, 6.07) is 6.05. The van der Waals surface area contributed by atoms with E-state index in [9.17, 15) is 24.0 Å². The molecule has 1 aromatic carbocycles. The second-order valence-corrected chi connectivity index (χ2v) is 9.53. The first-order valence-corrected chi connectivity index (χ1v) is 12.2. The van der Waals surface area contributed by atoms with Crippen molar-refractivity contribution >= 4 is 40.7 Å². The zero-order chi connectivity index (χ0) is 25.8. The van der Waals surface area contributed by atoms with Gasteiger partial charge in [-0.05, 0) is 43.6 Å². The van der Waals surface area contributed by atoms with Crippen molar-refractivity contribution in [2.24, 2.45) is 5.92 Å². The maximum absolute atomic E-state index is 13.6. The van der Waals surface area contributed by atoms with Crippen molar-refractivity contribution in [2.45, 2.75) is 69.6 Å². The van der Waals surface area contributed by atoms with Crippen LogP contribution in [-0.4, -0.2) is 69.1 Å². The van der Waals surface area contributed by atoms with E-state index in [0.29, 0.717) is 18.1 Å². The van der Waals surface area contributed by atoms with Crippen LogP contribution in [0.1, 0.15) is 55.9 Å². The third-order valence-electron chi connectivity index (χ3n) is 7.14. The Bertz CT molecular complexity index is 1180. The van der Waals surface area contributed by atoms with Crippen molar-refractivity contribution in [3.05, 3.63) is 42.2 Å². The standard InChI is InChI=1S/C26H30N4O6/c1-15(28-25(35)23-19-8-4-2-6-16(19)10-11-27-23)26(36)30-20-9-5-3-7-17(20)12-21(30)24(34)29-18(14-31)13-22(32)33/h2,4,6,8,10-11,14-15,17-18,20-21H,3,5,7,9,12-13H2,1H3,(H,28,35)(H,29,34)(H,32,33)/t15-,17?,18-,20?,21-/m0/s1. The van der Waals surface area contributed by atoms with Crippen molar-refractivity contribution in [3.63, 3.8) is 0 Å². The number of benzene rings is 1. The van der Waals surface area contributed by atoms with Crippen LogP contribution in [0.2, 0.25) is 0 Å². The number of nitrogens with zero attached hydrogens (tertiary/aromatic N) is 2. The van der Waals surface area contributed by atoms with Crippen LogP contribution < -0.4 is 10.6 Å². The van der Waals surface area contributed by atoms with Gasteiger partial charge in [0.2, 0.25) is 11.8 Å². The maximum atomic E-state index is 13.6. The van der Waals surface area contributed by atoms with E-state index in [0.717, 1.165) is 31.1 Å². The Hall–Kier alpha value is -3.82. The molecule has 1 aliphatic heterocycles. The van der Waals surface area contributed by atoms with Gasteiger partial charge in [0.1, 0.15) is 24.1 Å². The first kappa shape index (κ1) is 25.3. The summed E-state index contributed by atoms with van der Waals surface area (Å²) in [6.07, 6.45) is 5.39. The minimum absolute atomic E-state index is 0.134. The number of aliphatic carboxylic acids is 1. The SMILES string of the molecule is C[C@H](NC(=O)c1nccc2ccccc12)C(=O)N1C2CCCCC2C[C@H]1C(=O)N[C@H](C=O)CC(=O)O. The molecule has 190 valence electrons. The van der Waals surface area contributed by atoms with Gasteiger partial charge in [-0.15, -0.1) is 0 Å². The predicted octanol–water partition coefficient (Wildman–Crippen LogP) is 1.67. The number of likely N-dealkylation sites (tertiary alicyclic amines) is 1. The number of carbonyl (C=O) groups is 5. The van der Waals surface area contributed by atoms with E-state index < -0.39 is 42.3 Å². The van der Waals surface area contributed by atoms with E-state index in [1.54, 1.807) is 24.0 Å². The van der Waals surface area contributed by atoms with Gasteiger partial charge >= 0.3 is 5.97 Å². The molecule has 10 nitrogen and oxygen atoms in total. The number of carboxylic acid groups (broad SMARTS) is 1. The summed E-state index contributed by atoms with van der Waals surface area (Å²) < 4.78 is 0. The van der Waals surface area contributed by atoms with E-state index in [1.165, 1.54) is 6.20 Å². The average Bonchev–Trinajstić information content (AvgIpc) is 3.26. The molecular weight excluding hydrogens is 464 g/mol. The van der Waals surface area contributed by atoms with Crippen LogP contribution in [0.4, 0.5) is 0 Å². The van der Waals surface area contributed by atoms with E-state index in [-0.39, 0.29) is 23.6 Å². The molecule has 3 amide bonds. The van der Waals surface area contributed by atoms with Crippen molar-refractivity contribution in [1.82, 2.24) is 20.5 Å². The minimum atomic E-state index is -1.21. The fraction of sp³-hybridized carbons (Fsp3) is 0.462. The molecule has 2 aromatic rings. The van der Waals surface area contributed by atoms with Crippen molar-refractivity contribution < 1.29 is 29.1 Å². The fourth-order valence-corrected chi connectivity index (χ4v) is 5.46. The minimum Gasteiger partial charge on any atom is -0.481 e. The second kappa shape index (κ2) is 10.8. The van der Waals surface area contributed by atoms with Crippen LogP contribution in [0.3, 0.4) is 0 Å². The molecule has 4 rings (SSSR count). The van der Waals surface area contributed by atoms with Crippen LogP contribution in [0.5, 0.6) is 0 Å². The molecule has 0 bridgehead atoms. The molecule has 2 heterocycles. The highest BCUT2D eigenvalue weighted by atomic mass is 16.4. The number of fused-ring (bicyclic) bond motifs is 2. The Balaban J connectivity index is 1.53. The smallest absolute Gasteiger partial charge is 0.305 e. The zero-order valence-corrected chi connectivity index (χ0v) is 20.1. The number of rotatable bonds is 8. The van der Waals surface area contributed by atoms with Crippen molar-refractivity contribution in [3.8, 4) is 0 Å². The van der Waals surface area contributed by atoms with E-state index in [4.69, 9.17) is 5.11 Å². The van der Waals surface area contributed by atoms with Crippen LogP contribution in [0.25, 0.3) is 10.8 Å². The first-order chi connectivity index (χ1) is 17.3. The summed E-state index contributed by atoms with van der Waals surface area (Å²) in [5.74, 6) is -2.51. The number of nitrogens with one attached hydrogen (secondary N) is 2. The van der Waals surface area contributed by atoms with E-state index in [2.05, 4.69) is 15.6 Å². The van der Waals surface area contributed by atoms with E-state index in [1.807, 2.05) is 18.2 Å². The number of hydrogen-bond donors (Lipinski definition) is 3. The number of aromatic nitrogens is 1. The molecule has 10 heteroatoms. The molecule has 1 saturated heterocycles. The topological polar surface area (TPSA) is 146 Å². The fourth-order valence-electron chi connectivity index (χ4n) is 5.46. The Morgan fingerprint density at radius 3 is 2.64 bits per heavy atom. The summed E-state index contributed by atoms with van der Waals surface area (Å²) in [5.41, 5.74) is 0.210. The Kier molecular flexibility index (Phi) is 7.61. The van der Waals surface area contributed by atoms with Crippen LogP contribution in [0.15, 0.2) is 36.5 Å². The normalized spacial score (nSPS) is 22.8. The van der Waals surface area contributed by atoms with Crippen LogP contribution in [-0.2, 0) is 19.2 Å². The number of hydrogen-bond acceptors (Lipinski definition) is 6. The molecule has 3 N–H and O–H groups in total. The van der Waals surface area contributed by atoms with Gasteiger partial charge in [0.05, 0.1) is 12.5 Å². The molecule has 2 unspecified atom stereocenters. The molecule has 1 aliphatic carbocycles. The summed E-state index contributed by atoms with van der Waals surface area (Å²) in [4.78, 5) is 67.9. The molecule has 2 aliphatic rings. The van der Waals surface area contributed by atoms with Gasteiger partial charge < -0.3 is 25.4 Å². The number of carboxylic acids is 1. The molecule has 0 radical (unpaired) electrons. The lowest BCUT2D eigenvalue weighted by Crippen LogP contribution is -2.56. The largest absolute Gasteiger partial charge is 0.481 e. The Labute approximate surface area is 208 Å². The third kappa shape index (κ3) is 5.22. The number of pyridine rings is 1. The van der Waals surface area contributed by atoms with Gasteiger partial charge in [0.25, 0.3) is 5.91 Å². The van der Waals surface area contributed by atoms with Crippen molar-refractivity contribution in [1.29, 1.82) is 0 Å². The molecule has 0 spiro atoms. The van der Waals surface area contributed by atoms with Crippen LogP contribution in [0, 0.1) is 5.92 Å². The summed E-state index contributed by atoms with van der Waals surface area (Å²) in [6.45, 7) is 1.58. The average molecular weight is 495 g/mol. The van der Waals surface area contributed by atoms with Crippen molar-refractivity contribution in [2.75, 3.05) is 0 Å². The lowest BCUT2D eigenvalue weighted by molar-refractivity contribution is -0.143. The monoisotopic (exact) mass is 494 g/mol. The first-order valence-electron chi connectivity index (χ1n) is 12.2. The van der Waals surface area contributed by atoms with Gasteiger partial charge in [-0.3, -0.25) is 24.2 Å². The van der Waals surface area contributed by atoms with Gasteiger partial charge in [-0.1, -0.05) is 37.1 Å². The van der Waals surface area contributed by atoms with E-state index >= 15 is 0 Å². The Morgan fingerprint density at radius 1 is 1.14 bits per heavy atom. The van der Waals surface area contributed by atoms with Crippen LogP contribution >= 0.6 is 0 Å². The summed E-state index contributed by atoms with van der Waals surface area (Å²) in [5, 5.41) is 15.7. The highest BCUT2D eigenvalue weighted by Gasteiger charge is 2.48. The lowest BCUT2D eigenvalue weighted by atomic mass is 9.84. The molecule has 1 saturated carbocycles. The van der Waals surface area contributed by atoms with Gasteiger partial charge in [-0.2, -0.15) is 0 Å².